The Morgan fingerprint density at radius 3 is 2.64 bits per heavy atom. The van der Waals surface area contributed by atoms with Crippen LogP contribution in [0.2, 0.25) is 0 Å². The van der Waals surface area contributed by atoms with Gasteiger partial charge < -0.3 is 9.84 Å². The van der Waals surface area contributed by atoms with Crippen molar-refractivity contribution in [1.29, 1.82) is 0 Å². The Bertz CT molecular complexity index is 679. The van der Waals surface area contributed by atoms with Gasteiger partial charge in [-0.3, -0.25) is 9.59 Å². The van der Waals surface area contributed by atoms with Crippen LogP contribution >= 0.6 is 0 Å². The predicted octanol–water partition coefficient (Wildman–Crippen LogP) is 1.65. The highest BCUT2D eigenvalue weighted by Crippen LogP contribution is 2.45. The Labute approximate surface area is 128 Å². The fourth-order valence-electron chi connectivity index (χ4n) is 3.05. The predicted molar refractivity (Wildman–Crippen MR) is 80.4 cm³/mol. The molecule has 3 rings (SSSR count). The van der Waals surface area contributed by atoms with Crippen molar-refractivity contribution in [3.05, 3.63) is 48.0 Å². The molecular formula is C17H17NO4. The molecule has 114 valence electrons. The van der Waals surface area contributed by atoms with E-state index in [0.717, 1.165) is 0 Å². The molecule has 0 spiro atoms. The van der Waals surface area contributed by atoms with E-state index in [1.165, 1.54) is 0 Å². The molecule has 1 aromatic rings. The first-order valence-corrected chi connectivity index (χ1v) is 7.30. The van der Waals surface area contributed by atoms with Crippen LogP contribution in [0.3, 0.4) is 0 Å². The molecule has 0 radical (unpaired) electrons. The van der Waals surface area contributed by atoms with Gasteiger partial charge in [-0.25, -0.2) is 4.99 Å². The number of rotatable bonds is 3. The third-order valence-electron chi connectivity index (χ3n) is 4.12. The van der Waals surface area contributed by atoms with E-state index in [2.05, 4.69) is 4.99 Å². The third kappa shape index (κ3) is 1.93. The quantitative estimate of drug-likeness (QED) is 0.523. The summed E-state index contributed by atoms with van der Waals surface area (Å²) in [4.78, 5) is 29.7. The molecule has 1 aliphatic heterocycles. The van der Waals surface area contributed by atoms with Gasteiger partial charge in [0.15, 0.2) is 5.41 Å². The summed E-state index contributed by atoms with van der Waals surface area (Å²) in [6.07, 6.45) is 3.65. The Morgan fingerprint density at radius 1 is 1.27 bits per heavy atom. The molecule has 5 heteroatoms. The highest BCUT2D eigenvalue weighted by molar-refractivity contribution is 6.34. The van der Waals surface area contributed by atoms with Crippen molar-refractivity contribution in [2.75, 3.05) is 6.61 Å². The van der Waals surface area contributed by atoms with Crippen molar-refractivity contribution >= 4 is 17.5 Å². The Kier molecular flexibility index (Phi) is 3.45. The zero-order chi connectivity index (χ0) is 15.8. The highest BCUT2D eigenvalue weighted by Gasteiger charge is 2.63. The second kappa shape index (κ2) is 5.18. The van der Waals surface area contributed by atoms with E-state index in [9.17, 15) is 14.7 Å². The second-order valence-corrected chi connectivity index (χ2v) is 5.48. The van der Waals surface area contributed by atoms with Crippen LogP contribution < -0.4 is 0 Å². The molecule has 1 heterocycles. The molecule has 2 aliphatic rings. The molecule has 2 unspecified atom stereocenters. The van der Waals surface area contributed by atoms with Crippen LogP contribution in [0.1, 0.15) is 25.3 Å². The second-order valence-electron chi connectivity index (χ2n) is 5.48. The summed E-state index contributed by atoms with van der Waals surface area (Å²) in [5.74, 6) is -1.24. The van der Waals surface area contributed by atoms with E-state index in [1.54, 1.807) is 43.3 Å². The van der Waals surface area contributed by atoms with Crippen molar-refractivity contribution in [3.8, 4) is 0 Å². The summed E-state index contributed by atoms with van der Waals surface area (Å²) >= 11 is 0. The minimum absolute atomic E-state index is 0.0727. The number of aliphatic hydroxyl groups is 1. The SMILES string of the molecule is CCOC(=O)C12CC=CCC(O)(N=C1c1ccccc1)C2=O. The number of esters is 1. The Balaban J connectivity index is 2.20. The van der Waals surface area contributed by atoms with Crippen LogP contribution in [0.5, 0.6) is 0 Å². The molecule has 2 atom stereocenters. The minimum Gasteiger partial charge on any atom is -0.465 e. The number of fused-ring (bicyclic) bond motifs is 2. The lowest BCUT2D eigenvalue weighted by Crippen LogP contribution is -2.49. The Morgan fingerprint density at radius 2 is 1.95 bits per heavy atom. The topological polar surface area (TPSA) is 76.0 Å². The largest absolute Gasteiger partial charge is 0.465 e. The smallest absolute Gasteiger partial charge is 0.326 e. The van der Waals surface area contributed by atoms with E-state index < -0.39 is 22.9 Å². The molecule has 2 bridgehead atoms. The van der Waals surface area contributed by atoms with E-state index >= 15 is 0 Å². The molecule has 0 saturated heterocycles. The van der Waals surface area contributed by atoms with Crippen LogP contribution in [-0.2, 0) is 14.3 Å². The first-order chi connectivity index (χ1) is 10.5. The third-order valence-corrected chi connectivity index (χ3v) is 4.12. The number of ether oxygens (including phenoxy) is 1. The van der Waals surface area contributed by atoms with E-state index in [-0.39, 0.29) is 19.4 Å². The number of nitrogens with zero attached hydrogens (tertiary/aromatic N) is 1. The maximum atomic E-state index is 12.8. The number of carbonyl (C=O) groups excluding carboxylic acids is 2. The number of Topliss-reactive ketones (excluding diaryl/α,β-unsaturated/α-hetero) is 1. The normalized spacial score (nSPS) is 29.9. The van der Waals surface area contributed by atoms with Crippen molar-refractivity contribution in [2.45, 2.75) is 25.5 Å². The van der Waals surface area contributed by atoms with E-state index in [0.29, 0.717) is 11.3 Å². The van der Waals surface area contributed by atoms with Crippen LogP contribution in [0.25, 0.3) is 0 Å². The lowest BCUT2D eigenvalue weighted by Gasteiger charge is -2.26. The average Bonchev–Trinajstić information content (AvgIpc) is 2.65. The van der Waals surface area contributed by atoms with Gasteiger partial charge in [-0.15, -0.1) is 0 Å². The zero-order valence-corrected chi connectivity index (χ0v) is 12.3. The lowest BCUT2D eigenvalue weighted by atomic mass is 9.74. The molecule has 5 nitrogen and oxygen atoms in total. The number of hydrogen-bond donors (Lipinski definition) is 1. The number of ketones is 1. The van der Waals surface area contributed by atoms with Crippen LogP contribution in [0, 0.1) is 5.41 Å². The lowest BCUT2D eigenvalue weighted by molar-refractivity contribution is -0.159. The van der Waals surface area contributed by atoms with E-state index in [4.69, 9.17) is 4.74 Å². The number of benzene rings is 1. The molecular weight excluding hydrogens is 282 g/mol. The fraction of sp³-hybridized carbons (Fsp3) is 0.353. The summed E-state index contributed by atoms with van der Waals surface area (Å²) < 4.78 is 5.14. The maximum absolute atomic E-state index is 12.8. The van der Waals surface area contributed by atoms with Gasteiger partial charge in [0.2, 0.25) is 11.5 Å². The molecule has 0 saturated carbocycles. The molecule has 1 aromatic carbocycles. The first kappa shape index (κ1) is 14.7. The van der Waals surface area contributed by atoms with Crippen molar-refractivity contribution in [2.24, 2.45) is 10.4 Å². The van der Waals surface area contributed by atoms with Gasteiger partial charge in [0.1, 0.15) is 0 Å². The number of allylic oxidation sites excluding steroid dienone is 1. The number of carbonyl (C=O) groups is 2. The maximum Gasteiger partial charge on any atom is 0.326 e. The van der Waals surface area contributed by atoms with Gasteiger partial charge in [-0.2, -0.15) is 0 Å². The van der Waals surface area contributed by atoms with Crippen LogP contribution in [-0.4, -0.2) is 34.9 Å². The molecule has 1 N–H and O–H groups in total. The molecule has 0 aromatic heterocycles. The first-order valence-electron chi connectivity index (χ1n) is 7.30. The zero-order valence-electron chi connectivity index (χ0n) is 12.3. The van der Waals surface area contributed by atoms with Crippen LogP contribution in [0.4, 0.5) is 0 Å². The molecule has 0 fully saturated rings. The molecule has 1 aliphatic carbocycles. The average molecular weight is 299 g/mol. The summed E-state index contributed by atoms with van der Waals surface area (Å²) in [7, 11) is 0. The van der Waals surface area contributed by atoms with Gasteiger partial charge in [-0.05, 0) is 18.9 Å². The van der Waals surface area contributed by atoms with Gasteiger partial charge in [0.25, 0.3) is 0 Å². The highest BCUT2D eigenvalue weighted by atomic mass is 16.5. The van der Waals surface area contributed by atoms with E-state index in [1.807, 2.05) is 6.07 Å². The Hall–Kier alpha value is -2.27. The molecule has 22 heavy (non-hydrogen) atoms. The summed E-state index contributed by atoms with van der Waals surface area (Å²) in [5.41, 5.74) is -2.50. The van der Waals surface area contributed by atoms with Crippen LogP contribution in [0.15, 0.2) is 47.5 Å². The van der Waals surface area contributed by atoms with Gasteiger partial charge >= 0.3 is 5.97 Å². The van der Waals surface area contributed by atoms with Gasteiger partial charge in [0.05, 0.1) is 12.3 Å². The minimum atomic E-state index is -1.88. The standard InChI is InChI=1S/C17H17NO4/c1-2-22-15(20)16-10-6-7-11-17(21,14(16)19)18-13(16)12-8-4-3-5-9-12/h3-9,21H,2,10-11H2,1H3. The van der Waals surface area contributed by atoms with Gasteiger partial charge in [0, 0.05) is 6.42 Å². The number of aliphatic imine (C=N–C) groups is 1. The monoisotopic (exact) mass is 299 g/mol. The van der Waals surface area contributed by atoms with Crippen molar-refractivity contribution in [1.82, 2.24) is 0 Å². The fourth-order valence-corrected chi connectivity index (χ4v) is 3.05. The van der Waals surface area contributed by atoms with Crippen molar-refractivity contribution in [3.63, 3.8) is 0 Å². The summed E-state index contributed by atoms with van der Waals surface area (Å²) in [6, 6.07) is 8.99. The number of hydrogen-bond acceptors (Lipinski definition) is 5. The van der Waals surface area contributed by atoms with Crippen molar-refractivity contribution < 1.29 is 19.4 Å². The van der Waals surface area contributed by atoms with Gasteiger partial charge in [-0.1, -0.05) is 42.5 Å². The summed E-state index contributed by atoms with van der Waals surface area (Å²) in [5, 5.41) is 10.6. The summed E-state index contributed by atoms with van der Waals surface area (Å²) in [6.45, 7) is 1.85. The molecule has 0 amide bonds.